The van der Waals surface area contributed by atoms with Gasteiger partial charge in [-0.3, -0.25) is 14.4 Å². The average Bonchev–Trinajstić information content (AvgIpc) is 3.31. The van der Waals surface area contributed by atoms with Crippen molar-refractivity contribution in [2.24, 2.45) is 11.8 Å². The smallest absolute Gasteiger partial charge is 0.253 e. The number of halogens is 1. The number of hydrogen-bond donors (Lipinski definition) is 1. The Morgan fingerprint density at radius 1 is 0.864 bits per heavy atom. The molecule has 44 heavy (non-hydrogen) atoms. The zero-order chi connectivity index (χ0) is 31.1. The first-order valence-electron chi connectivity index (χ1n) is 15.4. The third-order valence-corrected chi connectivity index (χ3v) is 9.60. The molecule has 10 heteroatoms. The maximum Gasteiger partial charge on any atom is 0.253 e. The number of ether oxygens (including phenoxy) is 2. The Bertz CT molecular complexity index is 1480. The van der Waals surface area contributed by atoms with Crippen LogP contribution in [0.2, 0.25) is 5.02 Å². The standard InChI is InChI=1S/C34H38ClN3O6/c1-3-33-17-7-20-36(25-13-15-26(16-14-25)43-4-2)30(40)27(33)28-31(41)38(19-5-6-22-39)29-32(42)37(21-8-18-34(28,29)44-33)24-11-9-23(35)10-12-24/h7-18,27-29,39H,3-6,19-22H2,1-2H3/t27-,28+,29?,33+,34+/m1/s1. The normalized spacial score (nSPS) is 29.4. The van der Waals surface area contributed by atoms with E-state index in [1.54, 1.807) is 39.0 Å². The van der Waals surface area contributed by atoms with Crippen molar-refractivity contribution in [3.8, 4) is 5.75 Å². The molecule has 1 unspecified atom stereocenters. The second-order valence-corrected chi connectivity index (χ2v) is 12.1. The zero-order valence-electron chi connectivity index (χ0n) is 25.0. The molecule has 2 saturated heterocycles. The molecule has 2 aromatic rings. The van der Waals surface area contributed by atoms with Crippen molar-refractivity contribution in [1.29, 1.82) is 0 Å². The van der Waals surface area contributed by atoms with Crippen molar-refractivity contribution in [2.45, 2.75) is 50.4 Å². The van der Waals surface area contributed by atoms with E-state index in [-0.39, 0.29) is 37.4 Å². The molecule has 0 aliphatic carbocycles. The van der Waals surface area contributed by atoms with Crippen LogP contribution in [0.3, 0.4) is 0 Å². The fourth-order valence-corrected chi connectivity index (χ4v) is 7.49. The Morgan fingerprint density at radius 3 is 2.14 bits per heavy atom. The molecule has 1 N–H and O–H groups in total. The summed E-state index contributed by atoms with van der Waals surface area (Å²) in [6, 6.07) is 13.4. The highest BCUT2D eigenvalue weighted by Crippen LogP contribution is 2.58. The van der Waals surface area contributed by atoms with E-state index >= 15 is 0 Å². The van der Waals surface area contributed by atoms with Gasteiger partial charge in [-0.25, -0.2) is 0 Å². The van der Waals surface area contributed by atoms with Gasteiger partial charge in [-0.05, 0) is 74.7 Å². The first kappa shape index (κ1) is 30.4. The summed E-state index contributed by atoms with van der Waals surface area (Å²) in [5.74, 6) is -1.83. The van der Waals surface area contributed by atoms with Crippen LogP contribution in [0.5, 0.6) is 5.75 Å². The molecular formula is C34H38ClN3O6. The maximum absolute atomic E-state index is 14.7. The van der Waals surface area contributed by atoms with E-state index in [1.165, 1.54) is 0 Å². The third kappa shape index (κ3) is 4.82. The lowest BCUT2D eigenvalue weighted by atomic mass is 9.73. The number of fused-ring (bicyclic) bond motifs is 2. The van der Waals surface area contributed by atoms with Gasteiger partial charge in [0, 0.05) is 42.6 Å². The van der Waals surface area contributed by atoms with Gasteiger partial charge in [-0.2, -0.15) is 0 Å². The van der Waals surface area contributed by atoms with Gasteiger partial charge in [0.05, 0.1) is 24.0 Å². The number of carbonyl (C=O) groups excluding carboxylic acids is 3. The lowest BCUT2D eigenvalue weighted by Gasteiger charge is -2.38. The van der Waals surface area contributed by atoms with Gasteiger partial charge in [-0.1, -0.05) is 42.8 Å². The van der Waals surface area contributed by atoms with Crippen molar-refractivity contribution in [3.05, 3.63) is 77.9 Å². The van der Waals surface area contributed by atoms with Crippen molar-refractivity contribution >= 4 is 40.7 Å². The molecule has 0 saturated carbocycles. The quantitative estimate of drug-likeness (QED) is 0.330. The molecule has 9 nitrogen and oxygen atoms in total. The topological polar surface area (TPSA) is 99.6 Å². The van der Waals surface area contributed by atoms with E-state index in [2.05, 4.69) is 0 Å². The summed E-state index contributed by atoms with van der Waals surface area (Å²) in [5.41, 5.74) is -1.08. The Kier molecular flexibility index (Phi) is 8.30. The average molecular weight is 620 g/mol. The molecule has 3 amide bonds. The van der Waals surface area contributed by atoms with E-state index in [1.807, 2.05) is 62.4 Å². The molecule has 6 rings (SSSR count). The lowest BCUT2D eigenvalue weighted by molar-refractivity contribution is -0.145. The van der Waals surface area contributed by atoms with Crippen LogP contribution in [0, 0.1) is 11.8 Å². The minimum Gasteiger partial charge on any atom is -0.494 e. The van der Waals surface area contributed by atoms with E-state index in [0.717, 1.165) is 0 Å². The Labute approximate surface area is 262 Å². The minimum absolute atomic E-state index is 0.0234. The van der Waals surface area contributed by atoms with E-state index < -0.39 is 29.1 Å². The van der Waals surface area contributed by atoms with Crippen LogP contribution in [0.15, 0.2) is 72.8 Å². The second-order valence-electron chi connectivity index (χ2n) is 11.7. The van der Waals surface area contributed by atoms with E-state index in [9.17, 15) is 19.5 Å². The SMILES string of the molecule is CCOc1ccc(N2CC=C[C@]3(CC)O[C@]45C=CCN(c6ccc(Cl)cc6)C(=O)C4N(CCCCO)C(=O)[C@@H]5[C@@H]3C2=O)cc1. The summed E-state index contributed by atoms with van der Waals surface area (Å²) in [4.78, 5) is 48.7. The van der Waals surface area contributed by atoms with Crippen molar-refractivity contribution < 1.29 is 29.0 Å². The molecule has 5 atom stereocenters. The largest absolute Gasteiger partial charge is 0.494 e. The molecule has 2 aromatic carbocycles. The van der Waals surface area contributed by atoms with Crippen LogP contribution in [0.25, 0.3) is 0 Å². The molecule has 232 valence electrons. The third-order valence-electron chi connectivity index (χ3n) is 9.34. The number of anilines is 2. The van der Waals surface area contributed by atoms with Crippen LogP contribution in [0.1, 0.15) is 33.1 Å². The molecule has 4 aliphatic heterocycles. The Morgan fingerprint density at radius 2 is 1.50 bits per heavy atom. The zero-order valence-corrected chi connectivity index (χ0v) is 25.8. The fourth-order valence-electron chi connectivity index (χ4n) is 7.37. The molecule has 4 aliphatic rings. The van der Waals surface area contributed by atoms with E-state index in [0.29, 0.717) is 54.6 Å². The highest BCUT2D eigenvalue weighted by atomic mass is 35.5. The fraction of sp³-hybridized carbons (Fsp3) is 0.441. The van der Waals surface area contributed by atoms with Crippen LogP contribution in [-0.2, 0) is 19.1 Å². The highest BCUT2D eigenvalue weighted by molar-refractivity contribution is 6.30. The predicted molar refractivity (Wildman–Crippen MR) is 168 cm³/mol. The number of nitrogens with zero attached hydrogens (tertiary/aromatic N) is 3. The Hall–Kier alpha value is -3.66. The van der Waals surface area contributed by atoms with Gasteiger partial charge >= 0.3 is 0 Å². The first-order valence-corrected chi connectivity index (χ1v) is 15.8. The summed E-state index contributed by atoms with van der Waals surface area (Å²) in [7, 11) is 0. The molecule has 0 bridgehead atoms. The molecule has 2 fully saturated rings. The predicted octanol–water partition coefficient (Wildman–Crippen LogP) is 4.38. The van der Waals surface area contributed by atoms with Gasteiger partial charge in [0.25, 0.3) is 5.91 Å². The van der Waals surface area contributed by atoms with Gasteiger partial charge in [0.2, 0.25) is 11.8 Å². The van der Waals surface area contributed by atoms with Gasteiger partial charge < -0.3 is 29.3 Å². The lowest BCUT2D eigenvalue weighted by Crippen LogP contribution is -2.56. The molecule has 0 aromatic heterocycles. The summed E-state index contributed by atoms with van der Waals surface area (Å²) in [6.45, 7) is 5.24. The molecule has 4 heterocycles. The number of likely N-dealkylation sites (tertiary alicyclic amines) is 1. The molecular weight excluding hydrogens is 582 g/mol. The number of aliphatic hydroxyl groups is 1. The van der Waals surface area contributed by atoms with E-state index in [4.69, 9.17) is 21.1 Å². The highest BCUT2D eigenvalue weighted by Gasteiger charge is 2.75. The van der Waals surface area contributed by atoms with Gasteiger partial charge in [0.1, 0.15) is 17.4 Å². The maximum atomic E-state index is 14.7. The van der Waals surface area contributed by atoms with Crippen LogP contribution < -0.4 is 14.5 Å². The monoisotopic (exact) mass is 619 g/mol. The van der Waals surface area contributed by atoms with Crippen LogP contribution >= 0.6 is 11.6 Å². The van der Waals surface area contributed by atoms with Crippen LogP contribution in [-0.4, -0.2) is 77.8 Å². The number of rotatable bonds is 9. The summed E-state index contributed by atoms with van der Waals surface area (Å²) < 4.78 is 12.6. The molecule has 1 spiro atoms. The summed E-state index contributed by atoms with van der Waals surface area (Å²) in [6.07, 6.45) is 9.02. The van der Waals surface area contributed by atoms with Crippen LogP contribution in [0.4, 0.5) is 11.4 Å². The van der Waals surface area contributed by atoms with Gasteiger partial charge in [-0.15, -0.1) is 0 Å². The number of benzene rings is 2. The van der Waals surface area contributed by atoms with Gasteiger partial charge in [0.15, 0.2) is 0 Å². The van der Waals surface area contributed by atoms with Crippen molar-refractivity contribution in [2.75, 3.05) is 42.6 Å². The number of unbranched alkanes of at least 4 members (excludes halogenated alkanes) is 1. The van der Waals surface area contributed by atoms with Crippen molar-refractivity contribution in [1.82, 2.24) is 4.90 Å². The van der Waals surface area contributed by atoms with Crippen molar-refractivity contribution in [3.63, 3.8) is 0 Å². The minimum atomic E-state index is -1.35. The second kappa shape index (κ2) is 12.0. The molecule has 0 radical (unpaired) electrons. The number of carbonyl (C=O) groups is 3. The Balaban J connectivity index is 1.44. The summed E-state index contributed by atoms with van der Waals surface area (Å²) >= 11 is 6.14. The number of amides is 3. The number of aliphatic hydroxyl groups excluding tert-OH is 1. The summed E-state index contributed by atoms with van der Waals surface area (Å²) in [5, 5.41) is 10.0. The number of hydrogen-bond acceptors (Lipinski definition) is 6. The first-order chi connectivity index (χ1) is 21.3.